The number of nitrogens with zero attached hydrogens (tertiary/aromatic N) is 1. The van der Waals surface area contributed by atoms with E-state index < -0.39 is 0 Å². The van der Waals surface area contributed by atoms with Crippen molar-refractivity contribution in [3.05, 3.63) is 112 Å². The first-order valence-electron chi connectivity index (χ1n) is 9.89. The number of ether oxygens (including phenoxy) is 1. The number of aryl methyl sites for hydroxylation is 1. The Morgan fingerprint density at radius 1 is 1.00 bits per heavy atom. The fraction of sp³-hybridized carbons (Fsp3) is 0.0769. The van der Waals surface area contributed by atoms with Crippen LogP contribution in [0.4, 0.5) is 0 Å². The minimum absolute atomic E-state index is 0.256. The average Bonchev–Trinajstić information content (AvgIpc) is 2.78. The van der Waals surface area contributed by atoms with Crippen LogP contribution in [0.15, 0.2) is 94.5 Å². The largest absolute Gasteiger partial charge is 0.488 e. The molecule has 31 heavy (non-hydrogen) atoms. The highest BCUT2D eigenvalue weighted by Crippen LogP contribution is 2.27. The zero-order valence-electron chi connectivity index (χ0n) is 17.0. The lowest BCUT2D eigenvalue weighted by atomic mass is 10.0. The van der Waals surface area contributed by atoms with Gasteiger partial charge >= 0.3 is 0 Å². The van der Waals surface area contributed by atoms with E-state index in [0.717, 1.165) is 31.9 Å². The number of fused-ring (bicyclic) bond motifs is 1. The van der Waals surface area contributed by atoms with Crippen molar-refractivity contribution in [2.24, 2.45) is 5.10 Å². The van der Waals surface area contributed by atoms with Gasteiger partial charge < -0.3 is 4.74 Å². The highest BCUT2D eigenvalue weighted by atomic mass is 79.9. The number of hydrogen-bond acceptors (Lipinski definition) is 3. The van der Waals surface area contributed by atoms with Crippen LogP contribution in [0.3, 0.4) is 0 Å². The van der Waals surface area contributed by atoms with Crippen molar-refractivity contribution in [3.8, 4) is 5.75 Å². The lowest BCUT2D eigenvalue weighted by Gasteiger charge is -2.12. The molecule has 5 heteroatoms. The van der Waals surface area contributed by atoms with Gasteiger partial charge in [-0.25, -0.2) is 5.43 Å². The Kier molecular flexibility index (Phi) is 6.43. The van der Waals surface area contributed by atoms with Crippen LogP contribution >= 0.6 is 15.9 Å². The number of hydrazone groups is 1. The van der Waals surface area contributed by atoms with Gasteiger partial charge in [0, 0.05) is 15.6 Å². The Morgan fingerprint density at radius 3 is 2.61 bits per heavy atom. The molecule has 4 rings (SSSR count). The number of carbonyl (C=O) groups excluding carboxylic acids is 1. The van der Waals surface area contributed by atoms with E-state index in [-0.39, 0.29) is 5.91 Å². The molecule has 0 bridgehead atoms. The molecular weight excluding hydrogens is 452 g/mol. The summed E-state index contributed by atoms with van der Waals surface area (Å²) in [5.74, 6) is 0.445. The van der Waals surface area contributed by atoms with E-state index in [2.05, 4.69) is 26.5 Å². The van der Waals surface area contributed by atoms with Crippen LogP contribution in [0.1, 0.15) is 27.0 Å². The van der Waals surface area contributed by atoms with Crippen LogP contribution in [0.25, 0.3) is 10.8 Å². The van der Waals surface area contributed by atoms with Gasteiger partial charge in [0.1, 0.15) is 12.4 Å². The molecule has 4 nitrogen and oxygen atoms in total. The number of carbonyl (C=O) groups is 1. The van der Waals surface area contributed by atoms with Gasteiger partial charge in [0.25, 0.3) is 5.91 Å². The number of rotatable bonds is 6. The average molecular weight is 473 g/mol. The maximum atomic E-state index is 12.4. The molecule has 0 radical (unpaired) electrons. The van der Waals surface area contributed by atoms with Gasteiger partial charge in [0.05, 0.1) is 6.21 Å². The third-order valence-corrected chi connectivity index (χ3v) is 5.38. The van der Waals surface area contributed by atoms with Crippen molar-refractivity contribution in [3.63, 3.8) is 0 Å². The molecule has 1 amide bonds. The lowest BCUT2D eigenvalue weighted by molar-refractivity contribution is 0.0955. The summed E-state index contributed by atoms with van der Waals surface area (Å²) in [6, 6.07) is 27.3. The number of amides is 1. The second-order valence-corrected chi connectivity index (χ2v) is 8.10. The third-order valence-electron chi connectivity index (χ3n) is 4.89. The molecule has 4 aromatic rings. The normalized spacial score (nSPS) is 11.0. The summed E-state index contributed by atoms with van der Waals surface area (Å²) in [5, 5.41) is 6.28. The fourth-order valence-electron chi connectivity index (χ4n) is 3.25. The molecule has 4 aromatic carbocycles. The monoisotopic (exact) mass is 472 g/mol. The molecule has 154 valence electrons. The standard InChI is InChI=1S/C26H21BrN2O2/c1-18-9-11-21(12-10-18)26(30)29-28-16-24-23-8-3-2-6-20(23)13-14-25(24)31-17-19-5-4-7-22(27)15-19/h2-16H,17H2,1H3,(H,29,30)/b28-16+. The molecule has 0 saturated heterocycles. The molecule has 0 atom stereocenters. The first-order chi connectivity index (χ1) is 15.1. The van der Waals surface area contributed by atoms with Crippen molar-refractivity contribution < 1.29 is 9.53 Å². The second kappa shape index (κ2) is 9.58. The smallest absolute Gasteiger partial charge is 0.271 e. The van der Waals surface area contributed by atoms with E-state index in [4.69, 9.17) is 4.74 Å². The van der Waals surface area contributed by atoms with Crippen molar-refractivity contribution >= 4 is 38.8 Å². The zero-order chi connectivity index (χ0) is 21.6. The predicted molar refractivity (Wildman–Crippen MR) is 129 cm³/mol. The summed E-state index contributed by atoms with van der Waals surface area (Å²) in [4.78, 5) is 12.4. The fourth-order valence-corrected chi connectivity index (χ4v) is 3.69. The first kappa shape index (κ1) is 20.8. The molecule has 0 saturated carbocycles. The van der Waals surface area contributed by atoms with Crippen molar-refractivity contribution in [2.45, 2.75) is 13.5 Å². The van der Waals surface area contributed by atoms with E-state index in [9.17, 15) is 4.79 Å². The van der Waals surface area contributed by atoms with Gasteiger partial charge in [-0.3, -0.25) is 4.79 Å². The topological polar surface area (TPSA) is 50.7 Å². The molecular formula is C26H21BrN2O2. The SMILES string of the molecule is Cc1ccc(C(=O)N/N=C/c2c(OCc3cccc(Br)c3)ccc3ccccc23)cc1. The van der Waals surface area contributed by atoms with Crippen LogP contribution < -0.4 is 10.2 Å². The Labute approximate surface area is 189 Å². The minimum Gasteiger partial charge on any atom is -0.488 e. The van der Waals surface area contributed by atoms with Gasteiger partial charge in [-0.15, -0.1) is 0 Å². The van der Waals surface area contributed by atoms with Crippen molar-refractivity contribution in [2.75, 3.05) is 0 Å². The molecule has 0 aromatic heterocycles. The van der Waals surface area contributed by atoms with Crippen LogP contribution in [0, 0.1) is 6.92 Å². The molecule has 0 heterocycles. The Morgan fingerprint density at radius 2 is 1.81 bits per heavy atom. The van der Waals surface area contributed by atoms with Gasteiger partial charge in [-0.05, 0) is 53.6 Å². The summed E-state index contributed by atoms with van der Waals surface area (Å²) in [5.41, 5.74) is 6.14. The van der Waals surface area contributed by atoms with Crippen LogP contribution in [0.5, 0.6) is 5.75 Å². The van der Waals surface area contributed by atoms with Crippen LogP contribution in [0.2, 0.25) is 0 Å². The minimum atomic E-state index is -0.256. The Hall–Kier alpha value is -3.44. The zero-order valence-corrected chi connectivity index (χ0v) is 18.6. The summed E-state index contributed by atoms with van der Waals surface area (Å²) in [7, 11) is 0. The van der Waals surface area contributed by atoms with E-state index in [0.29, 0.717) is 17.9 Å². The predicted octanol–water partition coefficient (Wildman–Crippen LogP) is 6.25. The third kappa shape index (κ3) is 5.19. The second-order valence-electron chi connectivity index (χ2n) is 7.18. The number of hydrogen-bond donors (Lipinski definition) is 1. The van der Waals surface area contributed by atoms with Gasteiger partial charge in [-0.1, -0.05) is 76.1 Å². The van der Waals surface area contributed by atoms with E-state index in [1.807, 2.05) is 79.7 Å². The maximum absolute atomic E-state index is 12.4. The Balaban J connectivity index is 1.58. The molecule has 0 fully saturated rings. The molecule has 0 aliphatic rings. The number of nitrogens with one attached hydrogen (secondary N) is 1. The molecule has 0 aliphatic carbocycles. The van der Waals surface area contributed by atoms with Crippen molar-refractivity contribution in [1.82, 2.24) is 5.43 Å². The quantitative estimate of drug-likeness (QED) is 0.266. The summed E-state index contributed by atoms with van der Waals surface area (Å²) >= 11 is 3.49. The van der Waals surface area contributed by atoms with Gasteiger partial charge in [0.15, 0.2) is 0 Å². The highest BCUT2D eigenvalue weighted by Gasteiger charge is 2.09. The maximum Gasteiger partial charge on any atom is 0.271 e. The number of halogens is 1. The molecule has 1 N–H and O–H groups in total. The van der Waals surface area contributed by atoms with E-state index in [1.54, 1.807) is 18.3 Å². The highest BCUT2D eigenvalue weighted by molar-refractivity contribution is 9.10. The van der Waals surface area contributed by atoms with Gasteiger partial charge in [-0.2, -0.15) is 5.10 Å². The summed E-state index contributed by atoms with van der Waals surface area (Å²) in [6.45, 7) is 2.41. The lowest BCUT2D eigenvalue weighted by Crippen LogP contribution is -2.17. The first-order valence-corrected chi connectivity index (χ1v) is 10.7. The molecule has 0 unspecified atom stereocenters. The van der Waals surface area contributed by atoms with Gasteiger partial charge in [0.2, 0.25) is 0 Å². The van der Waals surface area contributed by atoms with E-state index in [1.165, 1.54) is 0 Å². The Bertz CT molecular complexity index is 1250. The van der Waals surface area contributed by atoms with Crippen LogP contribution in [-0.2, 0) is 6.61 Å². The summed E-state index contributed by atoms with van der Waals surface area (Å²) < 4.78 is 7.12. The van der Waals surface area contributed by atoms with Crippen molar-refractivity contribution in [1.29, 1.82) is 0 Å². The molecule has 0 aliphatic heterocycles. The summed E-state index contributed by atoms with van der Waals surface area (Å²) in [6.07, 6.45) is 1.64. The molecule has 0 spiro atoms. The van der Waals surface area contributed by atoms with Crippen LogP contribution in [-0.4, -0.2) is 12.1 Å². The number of benzene rings is 4. The van der Waals surface area contributed by atoms with E-state index >= 15 is 0 Å².